The Bertz CT molecular complexity index is 964. The van der Waals surface area contributed by atoms with Gasteiger partial charge in [-0.05, 0) is 18.6 Å². The van der Waals surface area contributed by atoms with Crippen LogP contribution in [0.3, 0.4) is 0 Å². The van der Waals surface area contributed by atoms with Crippen LogP contribution in [0.15, 0.2) is 48.9 Å². The van der Waals surface area contributed by atoms with E-state index in [2.05, 4.69) is 22.1 Å². The number of nitrogen functional groups attached to an aromatic ring is 1. The van der Waals surface area contributed by atoms with Crippen LogP contribution in [0, 0.1) is 5.41 Å². The van der Waals surface area contributed by atoms with E-state index in [9.17, 15) is 4.79 Å². The van der Waals surface area contributed by atoms with Crippen LogP contribution < -0.4 is 5.73 Å². The van der Waals surface area contributed by atoms with E-state index < -0.39 is 0 Å². The van der Waals surface area contributed by atoms with Gasteiger partial charge in [-0.3, -0.25) is 14.8 Å². The van der Waals surface area contributed by atoms with E-state index in [-0.39, 0.29) is 11.8 Å². The van der Waals surface area contributed by atoms with Gasteiger partial charge in [-0.2, -0.15) is 0 Å². The van der Waals surface area contributed by atoms with Crippen molar-refractivity contribution < 1.29 is 9.53 Å². The zero-order valence-corrected chi connectivity index (χ0v) is 16.3. The molecule has 2 aromatic heterocycles. The number of nitrogens with zero attached hydrogens (tertiary/aromatic N) is 4. The molecular weight excluding hydrogens is 368 g/mol. The van der Waals surface area contributed by atoms with E-state index >= 15 is 0 Å². The molecule has 3 rings (SSSR count). The molecule has 0 unspecified atom stereocenters. The fourth-order valence-corrected chi connectivity index (χ4v) is 2.69. The number of nitrogens with one attached hydrogen (secondary N) is 1. The number of carbonyl (C=O) groups excluding carboxylic acids is 1. The first-order valence-electron chi connectivity index (χ1n) is 9.54. The summed E-state index contributed by atoms with van der Waals surface area (Å²) < 4.78 is 6.93. The minimum Gasteiger partial charge on any atom is -0.466 e. The molecule has 2 heterocycles. The lowest BCUT2D eigenvalue weighted by molar-refractivity contribution is -0.143. The van der Waals surface area contributed by atoms with Crippen molar-refractivity contribution in [3.63, 3.8) is 0 Å². The Morgan fingerprint density at radius 3 is 2.62 bits per heavy atom. The van der Waals surface area contributed by atoms with Crippen LogP contribution in [0.5, 0.6) is 0 Å². The normalized spacial score (nSPS) is 10.7. The highest BCUT2D eigenvalue weighted by Crippen LogP contribution is 2.18. The van der Waals surface area contributed by atoms with Gasteiger partial charge < -0.3 is 10.5 Å². The third-order valence-corrected chi connectivity index (χ3v) is 4.39. The second-order valence-electron chi connectivity index (χ2n) is 6.61. The molecule has 0 saturated carbocycles. The summed E-state index contributed by atoms with van der Waals surface area (Å²) in [6, 6.07) is 11.0. The fraction of sp³-hybridized carbons (Fsp3) is 0.286. The van der Waals surface area contributed by atoms with E-state index in [1.54, 1.807) is 23.0 Å². The molecule has 8 nitrogen and oxygen atoms in total. The Morgan fingerprint density at radius 1 is 1.17 bits per heavy atom. The van der Waals surface area contributed by atoms with Crippen molar-refractivity contribution in [1.29, 1.82) is 5.41 Å². The number of ether oxygens (including phenoxy) is 1. The maximum atomic E-state index is 11.7. The lowest BCUT2D eigenvalue weighted by atomic mass is 10.1. The summed E-state index contributed by atoms with van der Waals surface area (Å²) in [6.45, 7) is 2.53. The highest BCUT2D eigenvalue weighted by molar-refractivity contribution is 5.95. The number of unbranched alkanes of at least 4 members (excludes halogenated alkanes) is 1. The third kappa shape index (κ3) is 5.47. The number of nitrogens with two attached hydrogens (primary N) is 1. The molecule has 0 saturated heterocycles. The molecule has 0 aliphatic carbocycles. The van der Waals surface area contributed by atoms with Gasteiger partial charge in [-0.15, -0.1) is 10.2 Å². The molecule has 0 amide bonds. The van der Waals surface area contributed by atoms with Crippen molar-refractivity contribution in [3.05, 3.63) is 60.2 Å². The zero-order chi connectivity index (χ0) is 20.6. The second kappa shape index (κ2) is 9.59. The minimum atomic E-state index is -0.201. The van der Waals surface area contributed by atoms with Crippen LogP contribution in [0.25, 0.3) is 17.1 Å². The van der Waals surface area contributed by atoms with Gasteiger partial charge in [0.1, 0.15) is 12.2 Å². The molecule has 0 atom stereocenters. The summed E-state index contributed by atoms with van der Waals surface area (Å²) in [5.74, 6) is 0.467. The lowest BCUT2D eigenvalue weighted by Gasteiger charge is -2.04. The van der Waals surface area contributed by atoms with Crippen LogP contribution in [0.1, 0.15) is 37.4 Å². The molecule has 0 fully saturated rings. The molecule has 3 N–H and O–H groups in total. The second-order valence-corrected chi connectivity index (χ2v) is 6.61. The first kappa shape index (κ1) is 20.2. The van der Waals surface area contributed by atoms with E-state index in [0.29, 0.717) is 30.8 Å². The number of rotatable bonds is 9. The standard InChI is InChI=1S/C21H24N6O2/c1-2-3-12-29-20(28)11-8-17-13-27(14-24-17)19-10-9-18(25-26-19)15-4-6-16(7-5-15)21(22)23/h4-7,9-10,13-14H,2-3,8,11-12H2,1H3,(H3,22,23). The predicted molar refractivity (Wildman–Crippen MR) is 110 cm³/mol. The van der Waals surface area contributed by atoms with Crippen LogP contribution in [0.4, 0.5) is 0 Å². The van der Waals surface area contributed by atoms with Crippen LogP contribution in [0.2, 0.25) is 0 Å². The summed E-state index contributed by atoms with van der Waals surface area (Å²) in [7, 11) is 0. The molecule has 150 valence electrons. The van der Waals surface area contributed by atoms with Crippen molar-refractivity contribution in [2.24, 2.45) is 5.73 Å². The van der Waals surface area contributed by atoms with Crippen LogP contribution in [-0.2, 0) is 16.0 Å². The van der Waals surface area contributed by atoms with Crippen molar-refractivity contribution >= 4 is 11.8 Å². The maximum absolute atomic E-state index is 11.7. The quantitative estimate of drug-likeness (QED) is 0.250. The van der Waals surface area contributed by atoms with E-state index in [1.807, 2.05) is 30.5 Å². The van der Waals surface area contributed by atoms with Crippen molar-refractivity contribution in [1.82, 2.24) is 19.7 Å². The summed E-state index contributed by atoms with van der Waals surface area (Å²) in [4.78, 5) is 16.0. The van der Waals surface area contributed by atoms with Crippen molar-refractivity contribution in [3.8, 4) is 17.1 Å². The number of amidine groups is 1. The molecule has 8 heteroatoms. The van der Waals surface area contributed by atoms with Gasteiger partial charge in [0.05, 0.1) is 24.4 Å². The molecule has 0 spiro atoms. The minimum absolute atomic E-state index is 0.0307. The largest absolute Gasteiger partial charge is 0.466 e. The maximum Gasteiger partial charge on any atom is 0.306 e. The molecule has 0 bridgehead atoms. The third-order valence-electron chi connectivity index (χ3n) is 4.39. The SMILES string of the molecule is CCCCOC(=O)CCc1cn(-c2ccc(-c3ccc(C(=N)N)cc3)nn2)cn1. The van der Waals surface area contributed by atoms with E-state index in [1.165, 1.54) is 0 Å². The number of aryl methyl sites for hydroxylation is 1. The topological polar surface area (TPSA) is 120 Å². The number of aromatic nitrogens is 4. The molecular formula is C21H24N6O2. The van der Waals surface area contributed by atoms with Crippen LogP contribution in [-0.4, -0.2) is 38.2 Å². The number of hydrogen-bond donors (Lipinski definition) is 2. The summed E-state index contributed by atoms with van der Waals surface area (Å²) >= 11 is 0. The van der Waals surface area contributed by atoms with Crippen molar-refractivity contribution in [2.75, 3.05) is 6.61 Å². The highest BCUT2D eigenvalue weighted by Gasteiger charge is 2.08. The number of imidazole rings is 1. The Kier molecular flexibility index (Phi) is 6.67. The summed E-state index contributed by atoms with van der Waals surface area (Å²) in [5.41, 5.74) is 8.55. The first-order valence-corrected chi connectivity index (χ1v) is 9.54. The van der Waals surface area contributed by atoms with E-state index in [0.717, 1.165) is 29.8 Å². The lowest BCUT2D eigenvalue weighted by Crippen LogP contribution is -2.10. The average molecular weight is 392 g/mol. The van der Waals surface area contributed by atoms with Gasteiger partial charge in [0, 0.05) is 23.7 Å². The highest BCUT2D eigenvalue weighted by atomic mass is 16.5. The Balaban J connectivity index is 1.60. The zero-order valence-electron chi connectivity index (χ0n) is 16.3. The fourth-order valence-electron chi connectivity index (χ4n) is 2.69. The predicted octanol–water partition coefficient (Wildman–Crippen LogP) is 2.89. The number of carbonyl (C=O) groups is 1. The van der Waals surface area contributed by atoms with Crippen molar-refractivity contribution in [2.45, 2.75) is 32.6 Å². The molecule has 1 aromatic carbocycles. The Hall–Kier alpha value is -3.55. The van der Waals surface area contributed by atoms with Gasteiger partial charge in [0.25, 0.3) is 0 Å². The van der Waals surface area contributed by atoms with Gasteiger partial charge >= 0.3 is 5.97 Å². The van der Waals surface area contributed by atoms with Gasteiger partial charge in [-0.1, -0.05) is 37.6 Å². The molecule has 0 aliphatic heterocycles. The summed E-state index contributed by atoms with van der Waals surface area (Å²) in [6.07, 6.45) is 6.21. The molecule has 3 aromatic rings. The van der Waals surface area contributed by atoms with Gasteiger partial charge in [-0.25, -0.2) is 4.98 Å². The molecule has 29 heavy (non-hydrogen) atoms. The summed E-state index contributed by atoms with van der Waals surface area (Å²) in [5, 5.41) is 16.0. The van der Waals surface area contributed by atoms with E-state index in [4.69, 9.17) is 15.9 Å². The van der Waals surface area contributed by atoms with Gasteiger partial charge in [0.15, 0.2) is 5.82 Å². The van der Waals surface area contributed by atoms with Gasteiger partial charge in [0.2, 0.25) is 0 Å². The number of benzene rings is 1. The Morgan fingerprint density at radius 2 is 1.97 bits per heavy atom. The Labute approximate surface area is 169 Å². The first-order chi connectivity index (χ1) is 14.1. The number of hydrogen-bond acceptors (Lipinski definition) is 6. The average Bonchev–Trinajstić information content (AvgIpc) is 3.22. The van der Waals surface area contributed by atoms with Crippen LogP contribution >= 0.6 is 0 Å². The monoisotopic (exact) mass is 392 g/mol. The smallest absolute Gasteiger partial charge is 0.306 e. The molecule has 0 aliphatic rings. The number of esters is 1. The molecule has 0 radical (unpaired) electrons.